The largest absolute Gasteiger partial charge is 0.338 e. The molecular formula is C20H25ClN4O2S+2. The Balaban J connectivity index is 2.05. The Labute approximate surface area is 172 Å². The third-order valence-electron chi connectivity index (χ3n) is 5.32. The van der Waals surface area contributed by atoms with E-state index in [1.807, 2.05) is 0 Å². The fourth-order valence-electron chi connectivity index (χ4n) is 3.80. The fourth-order valence-corrected chi connectivity index (χ4v) is 5.45. The fraction of sp³-hybridized carbons (Fsp3) is 0.400. The number of hydrogen-bond acceptors (Lipinski definition) is 3. The molecule has 8 heteroatoms. The number of likely N-dealkylation sites (N-methyl/N-ethyl adjacent to an activating group) is 2. The molecule has 0 fully saturated rings. The van der Waals surface area contributed by atoms with Gasteiger partial charge in [-0.05, 0) is 23.8 Å². The number of halogens is 1. The molecule has 0 saturated carbocycles. The number of rotatable bonds is 4. The molecule has 148 valence electrons. The molecule has 1 aromatic carbocycles. The third kappa shape index (κ3) is 3.33. The van der Waals surface area contributed by atoms with Gasteiger partial charge in [-0.2, -0.15) is 0 Å². The van der Waals surface area contributed by atoms with Crippen molar-refractivity contribution in [2.75, 3.05) is 34.2 Å². The average Bonchev–Trinajstić information content (AvgIpc) is 3.00. The van der Waals surface area contributed by atoms with Gasteiger partial charge in [0.25, 0.3) is 5.56 Å². The molecule has 2 N–H and O–H groups in total. The Morgan fingerprint density at radius 3 is 2.79 bits per heavy atom. The minimum Gasteiger partial charge on any atom is -0.338 e. The van der Waals surface area contributed by atoms with Crippen molar-refractivity contribution >= 4 is 33.2 Å². The maximum Gasteiger partial charge on any atom is 0.336 e. The van der Waals surface area contributed by atoms with E-state index in [2.05, 4.69) is 21.1 Å². The van der Waals surface area contributed by atoms with Crippen molar-refractivity contribution in [1.82, 2.24) is 9.13 Å². The molecule has 0 bridgehead atoms. The molecule has 1 aliphatic heterocycles. The predicted molar refractivity (Wildman–Crippen MR) is 114 cm³/mol. The summed E-state index contributed by atoms with van der Waals surface area (Å²) in [6.07, 6.45) is 0.864. The number of quaternary nitrogens is 2. The summed E-state index contributed by atoms with van der Waals surface area (Å²) >= 11 is 7.75. The van der Waals surface area contributed by atoms with Crippen molar-refractivity contribution in [2.24, 2.45) is 0 Å². The first-order valence-corrected chi connectivity index (χ1v) is 10.7. The second-order valence-corrected chi connectivity index (χ2v) is 9.35. The lowest BCUT2D eigenvalue weighted by Gasteiger charge is -2.19. The predicted octanol–water partition coefficient (Wildman–Crippen LogP) is -0.417. The lowest BCUT2D eigenvalue weighted by atomic mass is 10.1. The van der Waals surface area contributed by atoms with Gasteiger partial charge in [-0.15, -0.1) is 11.3 Å². The molecule has 0 amide bonds. The zero-order chi connectivity index (χ0) is 20.0. The van der Waals surface area contributed by atoms with Crippen LogP contribution in [0.4, 0.5) is 0 Å². The number of aromatic nitrogens is 2. The van der Waals surface area contributed by atoms with Gasteiger partial charge in [0.1, 0.15) is 11.4 Å². The summed E-state index contributed by atoms with van der Waals surface area (Å²) in [5, 5.41) is 1.21. The van der Waals surface area contributed by atoms with Crippen molar-refractivity contribution in [3.63, 3.8) is 0 Å². The molecule has 0 aliphatic carbocycles. The Kier molecular flexibility index (Phi) is 5.18. The second kappa shape index (κ2) is 7.48. The molecule has 0 radical (unpaired) electrons. The normalized spacial score (nSPS) is 16.7. The van der Waals surface area contributed by atoms with Crippen molar-refractivity contribution in [3.8, 4) is 5.69 Å². The first-order valence-electron chi connectivity index (χ1n) is 9.53. The smallest absolute Gasteiger partial charge is 0.336 e. The molecule has 6 nitrogen and oxygen atoms in total. The summed E-state index contributed by atoms with van der Waals surface area (Å²) in [7, 11) is 6.29. The SMILES string of the molecule is C[NH+](C)CCn1c(=O)n(-c2cccc(Cl)c2)c(=O)c2c3c(sc21)C[NH+](C)CC3. The van der Waals surface area contributed by atoms with E-state index >= 15 is 0 Å². The average molecular weight is 421 g/mol. The number of nitrogens with zero attached hydrogens (tertiary/aromatic N) is 2. The first-order chi connectivity index (χ1) is 13.4. The summed E-state index contributed by atoms with van der Waals surface area (Å²) in [5.74, 6) is 0. The molecule has 1 aliphatic rings. The highest BCUT2D eigenvalue weighted by molar-refractivity contribution is 7.18. The van der Waals surface area contributed by atoms with Crippen LogP contribution >= 0.6 is 22.9 Å². The highest BCUT2D eigenvalue weighted by atomic mass is 35.5. The Bertz CT molecular complexity index is 1160. The van der Waals surface area contributed by atoms with Gasteiger partial charge in [0.15, 0.2) is 0 Å². The van der Waals surface area contributed by atoms with Crippen molar-refractivity contribution in [2.45, 2.75) is 19.5 Å². The zero-order valence-corrected chi connectivity index (χ0v) is 17.9. The minimum absolute atomic E-state index is 0.229. The van der Waals surface area contributed by atoms with Crippen LogP contribution in [0, 0.1) is 0 Å². The van der Waals surface area contributed by atoms with E-state index in [1.165, 1.54) is 19.2 Å². The van der Waals surface area contributed by atoms with Crippen molar-refractivity contribution < 1.29 is 9.80 Å². The number of hydrogen-bond donors (Lipinski definition) is 2. The van der Waals surface area contributed by atoms with Crippen LogP contribution < -0.4 is 21.0 Å². The number of nitrogens with one attached hydrogen (secondary N) is 2. The van der Waals surface area contributed by atoms with Crippen LogP contribution in [0.2, 0.25) is 5.02 Å². The van der Waals surface area contributed by atoms with Crippen LogP contribution in [0.5, 0.6) is 0 Å². The van der Waals surface area contributed by atoms with Gasteiger partial charge in [-0.1, -0.05) is 17.7 Å². The van der Waals surface area contributed by atoms with E-state index in [0.29, 0.717) is 22.6 Å². The lowest BCUT2D eigenvalue weighted by Crippen LogP contribution is -3.08. The van der Waals surface area contributed by atoms with Crippen molar-refractivity contribution in [3.05, 3.63) is 60.6 Å². The Morgan fingerprint density at radius 1 is 1.29 bits per heavy atom. The summed E-state index contributed by atoms with van der Waals surface area (Å²) in [6.45, 7) is 3.27. The Morgan fingerprint density at radius 2 is 2.07 bits per heavy atom. The molecule has 3 aromatic rings. The van der Waals surface area contributed by atoms with Gasteiger partial charge in [-0.25, -0.2) is 9.36 Å². The maximum absolute atomic E-state index is 13.5. The quantitative estimate of drug-likeness (QED) is 0.602. The summed E-state index contributed by atoms with van der Waals surface area (Å²) in [4.78, 5) is 31.6. The van der Waals surface area contributed by atoms with E-state index in [9.17, 15) is 9.59 Å². The zero-order valence-electron chi connectivity index (χ0n) is 16.3. The molecule has 2 aromatic heterocycles. The van der Waals surface area contributed by atoms with Crippen LogP contribution in [-0.2, 0) is 19.5 Å². The van der Waals surface area contributed by atoms with Crippen LogP contribution in [0.1, 0.15) is 10.4 Å². The van der Waals surface area contributed by atoms with E-state index in [-0.39, 0.29) is 11.2 Å². The topological polar surface area (TPSA) is 52.9 Å². The summed E-state index contributed by atoms with van der Waals surface area (Å²) < 4.78 is 3.07. The summed E-state index contributed by atoms with van der Waals surface area (Å²) in [5.41, 5.74) is 1.12. The van der Waals surface area contributed by atoms with Gasteiger partial charge in [-0.3, -0.25) is 9.36 Å². The van der Waals surface area contributed by atoms with Crippen LogP contribution in [0.15, 0.2) is 33.9 Å². The van der Waals surface area contributed by atoms with Crippen LogP contribution in [0.25, 0.3) is 15.9 Å². The van der Waals surface area contributed by atoms with Crippen molar-refractivity contribution in [1.29, 1.82) is 0 Å². The summed E-state index contributed by atoms with van der Waals surface area (Å²) in [6, 6.07) is 6.95. The van der Waals surface area contributed by atoms with E-state index < -0.39 is 0 Å². The number of fused-ring (bicyclic) bond motifs is 3. The second-order valence-electron chi connectivity index (χ2n) is 7.83. The van der Waals surface area contributed by atoms with Gasteiger partial charge < -0.3 is 9.80 Å². The lowest BCUT2D eigenvalue weighted by molar-refractivity contribution is -0.895. The highest BCUT2D eigenvalue weighted by Gasteiger charge is 2.27. The number of thiophene rings is 1. The van der Waals surface area contributed by atoms with E-state index in [0.717, 1.165) is 36.4 Å². The number of benzene rings is 1. The van der Waals surface area contributed by atoms with Gasteiger partial charge in [0.05, 0.1) is 56.7 Å². The van der Waals surface area contributed by atoms with E-state index in [4.69, 9.17) is 11.6 Å². The van der Waals surface area contributed by atoms with Gasteiger partial charge in [0.2, 0.25) is 0 Å². The highest BCUT2D eigenvalue weighted by Crippen LogP contribution is 2.30. The molecule has 4 rings (SSSR count). The van der Waals surface area contributed by atoms with E-state index in [1.54, 1.807) is 40.2 Å². The Hall–Kier alpha value is -1.93. The molecule has 28 heavy (non-hydrogen) atoms. The minimum atomic E-state index is -0.291. The molecule has 0 spiro atoms. The first kappa shape index (κ1) is 19.4. The molecule has 3 heterocycles. The molecule has 0 saturated heterocycles. The maximum atomic E-state index is 13.5. The molecule has 1 unspecified atom stereocenters. The van der Waals surface area contributed by atoms with Gasteiger partial charge in [0, 0.05) is 11.4 Å². The monoisotopic (exact) mass is 420 g/mol. The molecule has 1 atom stereocenters. The van der Waals surface area contributed by atoms with Crippen LogP contribution in [-0.4, -0.2) is 43.4 Å². The third-order valence-corrected chi connectivity index (χ3v) is 6.81. The molecular weight excluding hydrogens is 396 g/mol. The van der Waals surface area contributed by atoms with Crippen LogP contribution in [0.3, 0.4) is 0 Å². The van der Waals surface area contributed by atoms with Gasteiger partial charge >= 0.3 is 5.69 Å². The standard InChI is InChI=1S/C20H23ClN4O2S/c1-22(2)9-10-24-19-17(15-7-8-23(3)12-16(15)28-19)18(26)25(20(24)27)14-6-4-5-13(21)11-14/h4-6,11H,7-10,12H2,1-3H3/p+2.